The van der Waals surface area contributed by atoms with E-state index in [0.29, 0.717) is 17.7 Å². The molecule has 0 atom stereocenters. The SMILES string of the molecule is CCc1nc(C(=O)NSC(=O)c2ccccc2)cc2c1[nH]c1ccccc12. The van der Waals surface area contributed by atoms with Crippen molar-refractivity contribution in [3.8, 4) is 0 Å². The summed E-state index contributed by atoms with van der Waals surface area (Å²) in [6, 6.07) is 18.6. The normalized spacial score (nSPS) is 11.0. The zero-order valence-corrected chi connectivity index (χ0v) is 15.5. The molecule has 1 amide bonds. The van der Waals surface area contributed by atoms with E-state index >= 15 is 0 Å². The first kappa shape index (κ1) is 17.3. The number of benzene rings is 2. The second kappa shape index (κ2) is 7.25. The lowest BCUT2D eigenvalue weighted by Crippen LogP contribution is -2.20. The first-order valence-electron chi connectivity index (χ1n) is 8.64. The standard InChI is InChI=1S/C21H17N3O2S/c1-2-16-19-15(14-10-6-7-11-17(14)23-19)12-18(22-16)20(25)24-27-21(26)13-8-4-3-5-9-13/h3-12,23H,2H2,1H3,(H,24,25). The number of H-pyrrole nitrogens is 1. The Morgan fingerprint density at radius 2 is 1.78 bits per heavy atom. The maximum absolute atomic E-state index is 12.6. The molecule has 0 fully saturated rings. The van der Waals surface area contributed by atoms with E-state index in [-0.39, 0.29) is 11.0 Å². The average Bonchev–Trinajstić information content (AvgIpc) is 3.10. The van der Waals surface area contributed by atoms with Crippen LogP contribution in [0.3, 0.4) is 0 Å². The third-order valence-electron chi connectivity index (χ3n) is 4.38. The number of para-hydroxylation sites is 1. The molecule has 2 N–H and O–H groups in total. The quantitative estimate of drug-likeness (QED) is 0.517. The Bertz CT molecular complexity index is 1150. The van der Waals surface area contributed by atoms with Crippen LogP contribution in [0.4, 0.5) is 0 Å². The Kier molecular flexibility index (Phi) is 4.64. The number of aromatic amines is 1. The van der Waals surface area contributed by atoms with Crippen LogP contribution in [0.15, 0.2) is 60.7 Å². The van der Waals surface area contributed by atoms with Gasteiger partial charge in [-0.25, -0.2) is 4.98 Å². The number of carbonyl (C=O) groups excluding carboxylic acids is 2. The first-order chi connectivity index (χ1) is 13.2. The molecule has 134 valence electrons. The van der Waals surface area contributed by atoms with E-state index in [9.17, 15) is 9.59 Å². The maximum atomic E-state index is 12.6. The predicted molar refractivity (Wildman–Crippen MR) is 109 cm³/mol. The number of hydrogen-bond acceptors (Lipinski definition) is 4. The molecule has 0 unspecified atom stereocenters. The molecule has 4 rings (SSSR count). The first-order valence-corrected chi connectivity index (χ1v) is 9.46. The molecule has 5 nitrogen and oxygen atoms in total. The molecule has 0 bridgehead atoms. The van der Waals surface area contributed by atoms with Gasteiger partial charge in [0.25, 0.3) is 5.91 Å². The smallest absolute Gasteiger partial charge is 0.280 e. The lowest BCUT2D eigenvalue weighted by molar-refractivity contribution is 0.0973. The van der Waals surface area contributed by atoms with Gasteiger partial charge in [0.05, 0.1) is 11.2 Å². The van der Waals surface area contributed by atoms with E-state index < -0.39 is 0 Å². The summed E-state index contributed by atoms with van der Waals surface area (Å²) in [6.45, 7) is 2.00. The molecule has 0 spiro atoms. The number of pyridine rings is 1. The molecule has 27 heavy (non-hydrogen) atoms. The number of hydrogen-bond donors (Lipinski definition) is 2. The van der Waals surface area contributed by atoms with Gasteiger partial charge < -0.3 is 4.98 Å². The van der Waals surface area contributed by atoms with Crippen molar-refractivity contribution in [2.75, 3.05) is 0 Å². The van der Waals surface area contributed by atoms with Crippen molar-refractivity contribution in [3.63, 3.8) is 0 Å². The Labute approximate surface area is 160 Å². The third-order valence-corrected chi connectivity index (χ3v) is 5.09. The van der Waals surface area contributed by atoms with Gasteiger partial charge >= 0.3 is 0 Å². The highest BCUT2D eigenvalue weighted by Gasteiger charge is 2.16. The van der Waals surface area contributed by atoms with Crippen LogP contribution < -0.4 is 4.72 Å². The fourth-order valence-corrected chi connectivity index (χ4v) is 3.61. The van der Waals surface area contributed by atoms with Crippen molar-refractivity contribution >= 4 is 44.8 Å². The van der Waals surface area contributed by atoms with Crippen LogP contribution in [0.5, 0.6) is 0 Å². The molecule has 0 saturated carbocycles. The molecule has 0 aliphatic heterocycles. The monoisotopic (exact) mass is 375 g/mol. The summed E-state index contributed by atoms with van der Waals surface area (Å²) in [5, 5.41) is 1.79. The Hall–Kier alpha value is -3.12. The van der Waals surface area contributed by atoms with E-state index in [2.05, 4.69) is 14.7 Å². The van der Waals surface area contributed by atoms with E-state index in [4.69, 9.17) is 0 Å². The van der Waals surface area contributed by atoms with E-state index in [0.717, 1.165) is 39.4 Å². The van der Waals surface area contributed by atoms with Crippen LogP contribution in [-0.2, 0) is 6.42 Å². The molecule has 0 aliphatic rings. The van der Waals surface area contributed by atoms with Gasteiger partial charge in [-0.05, 0) is 18.6 Å². The lowest BCUT2D eigenvalue weighted by atomic mass is 10.1. The number of aryl methyl sites for hydroxylation is 1. The van der Waals surface area contributed by atoms with Gasteiger partial charge in [-0.2, -0.15) is 0 Å². The highest BCUT2D eigenvalue weighted by atomic mass is 32.2. The van der Waals surface area contributed by atoms with E-state index in [1.165, 1.54) is 0 Å². The average molecular weight is 375 g/mol. The van der Waals surface area contributed by atoms with Crippen molar-refractivity contribution in [2.24, 2.45) is 0 Å². The zero-order valence-electron chi connectivity index (χ0n) is 14.7. The van der Waals surface area contributed by atoms with Crippen LogP contribution in [0, 0.1) is 0 Å². The molecule has 0 saturated heterocycles. The number of amides is 1. The second-order valence-electron chi connectivity index (χ2n) is 6.09. The number of carbonyl (C=O) groups is 2. The minimum atomic E-state index is -0.383. The lowest BCUT2D eigenvalue weighted by Gasteiger charge is -2.06. The van der Waals surface area contributed by atoms with Crippen LogP contribution in [0.2, 0.25) is 0 Å². The molecule has 2 heterocycles. The molecule has 0 radical (unpaired) electrons. The molecular formula is C21H17N3O2S. The van der Waals surface area contributed by atoms with E-state index in [1.807, 2.05) is 37.3 Å². The van der Waals surface area contributed by atoms with Gasteiger partial charge in [0.2, 0.25) is 5.12 Å². The fraction of sp³-hybridized carbons (Fsp3) is 0.0952. The van der Waals surface area contributed by atoms with Crippen molar-refractivity contribution in [2.45, 2.75) is 13.3 Å². The zero-order chi connectivity index (χ0) is 18.8. The molecule has 2 aromatic heterocycles. The van der Waals surface area contributed by atoms with Gasteiger partial charge in [0, 0.05) is 33.8 Å². The van der Waals surface area contributed by atoms with Gasteiger partial charge in [0.15, 0.2) is 0 Å². The van der Waals surface area contributed by atoms with Crippen LogP contribution in [0.25, 0.3) is 21.8 Å². The van der Waals surface area contributed by atoms with Crippen molar-refractivity contribution < 1.29 is 9.59 Å². The topological polar surface area (TPSA) is 74.8 Å². The van der Waals surface area contributed by atoms with Crippen molar-refractivity contribution in [3.05, 3.63) is 77.6 Å². The van der Waals surface area contributed by atoms with Crippen LogP contribution in [-0.4, -0.2) is 21.0 Å². The Morgan fingerprint density at radius 3 is 2.56 bits per heavy atom. The van der Waals surface area contributed by atoms with E-state index in [1.54, 1.807) is 30.3 Å². The summed E-state index contributed by atoms with van der Waals surface area (Å²) in [6.07, 6.45) is 0.695. The minimum Gasteiger partial charge on any atom is -0.353 e. The number of nitrogens with one attached hydrogen (secondary N) is 2. The van der Waals surface area contributed by atoms with Gasteiger partial charge in [-0.1, -0.05) is 55.5 Å². The minimum absolute atomic E-state index is 0.215. The van der Waals surface area contributed by atoms with Gasteiger partial charge in [-0.3, -0.25) is 14.3 Å². The van der Waals surface area contributed by atoms with Crippen molar-refractivity contribution in [1.29, 1.82) is 0 Å². The maximum Gasteiger partial charge on any atom is 0.280 e. The number of fused-ring (bicyclic) bond motifs is 3. The summed E-state index contributed by atoms with van der Waals surface area (Å²) in [5.74, 6) is -0.383. The fourth-order valence-electron chi connectivity index (χ4n) is 3.06. The predicted octanol–water partition coefficient (Wildman–Crippen LogP) is 4.50. The highest BCUT2D eigenvalue weighted by molar-refractivity contribution is 8.12. The largest absolute Gasteiger partial charge is 0.353 e. The molecule has 0 aliphatic carbocycles. The van der Waals surface area contributed by atoms with Crippen LogP contribution in [0.1, 0.15) is 33.5 Å². The summed E-state index contributed by atoms with van der Waals surface area (Å²) < 4.78 is 2.61. The summed E-state index contributed by atoms with van der Waals surface area (Å²) >= 11 is 0.771. The van der Waals surface area contributed by atoms with Crippen LogP contribution >= 0.6 is 11.9 Å². The Morgan fingerprint density at radius 1 is 1.04 bits per heavy atom. The molecular weight excluding hydrogens is 358 g/mol. The highest BCUT2D eigenvalue weighted by Crippen LogP contribution is 2.28. The van der Waals surface area contributed by atoms with Gasteiger partial charge in [0.1, 0.15) is 5.69 Å². The molecule has 4 aromatic rings. The summed E-state index contributed by atoms with van der Waals surface area (Å²) in [7, 11) is 0. The molecule has 6 heteroatoms. The second-order valence-corrected chi connectivity index (χ2v) is 6.87. The summed E-state index contributed by atoms with van der Waals surface area (Å²) in [4.78, 5) is 32.6. The molecule has 2 aromatic carbocycles. The number of aromatic nitrogens is 2. The van der Waals surface area contributed by atoms with Crippen molar-refractivity contribution in [1.82, 2.24) is 14.7 Å². The van der Waals surface area contributed by atoms with Gasteiger partial charge in [-0.15, -0.1) is 0 Å². The Balaban J connectivity index is 1.63. The number of rotatable bonds is 3. The third kappa shape index (κ3) is 3.31. The number of nitrogens with zero attached hydrogens (tertiary/aromatic N) is 1. The summed E-state index contributed by atoms with van der Waals surface area (Å²) in [5.41, 5.74) is 3.63.